The van der Waals surface area contributed by atoms with Gasteiger partial charge in [-0.2, -0.15) is 0 Å². The highest BCUT2D eigenvalue weighted by molar-refractivity contribution is 14.1. The summed E-state index contributed by atoms with van der Waals surface area (Å²) in [5, 5.41) is 3.67. The molecule has 0 aromatic carbocycles. The van der Waals surface area contributed by atoms with Crippen LogP contribution in [0.5, 0.6) is 0 Å². The Balaban J connectivity index is 1.68. The van der Waals surface area contributed by atoms with Crippen molar-refractivity contribution in [2.75, 3.05) is 32.7 Å². The van der Waals surface area contributed by atoms with E-state index in [-0.39, 0.29) is 0 Å². The average molecular weight is 351 g/mol. The highest BCUT2D eigenvalue weighted by Gasteiger charge is 2.27. The fraction of sp³-hybridized carbons (Fsp3) is 1.00. The third kappa shape index (κ3) is 4.33. The topological polar surface area (TPSA) is 18.5 Å². The van der Waals surface area contributed by atoms with Gasteiger partial charge in [0.15, 0.2) is 0 Å². The maximum Gasteiger partial charge on any atom is 0.0201 e. The predicted molar refractivity (Wildman–Crippen MR) is 81.5 cm³/mol. The highest BCUT2D eigenvalue weighted by atomic mass is 127. The molecule has 0 aliphatic carbocycles. The van der Waals surface area contributed by atoms with Crippen LogP contribution in [-0.4, -0.2) is 52.8 Å². The maximum absolute atomic E-state index is 3.67. The van der Waals surface area contributed by atoms with Gasteiger partial charge in [0, 0.05) is 48.0 Å². The Labute approximate surface area is 120 Å². The number of hydrogen-bond acceptors (Lipinski definition) is 3. The van der Waals surface area contributed by atoms with E-state index < -0.39 is 0 Å². The van der Waals surface area contributed by atoms with Crippen molar-refractivity contribution in [3.05, 3.63) is 0 Å². The van der Waals surface area contributed by atoms with E-state index in [1.807, 2.05) is 0 Å². The van der Waals surface area contributed by atoms with E-state index in [2.05, 4.69) is 43.1 Å². The molecule has 0 atom stereocenters. The zero-order valence-electron chi connectivity index (χ0n) is 11.0. The monoisotopic (exact) mass is 351 g/mol. The van der Waals surface area contributed by atoms with Crippen molar-refractivity contribution in [3.8, 4) is 0 Å². The van der Waals surface area contributed by atoms with Gasteiger partial charge in [-0.25, -0.2) is 3.11 Å². The molecule has 2 rings (SSSR count). The van der Waals surface area contributed by atoms with Crippen LogP contribution < -0.4 is 5.32 Å². The minimum atomic E-state index is 0.788. The zero-order valence-corrected chi connectivity index (χ0v) is 13.2. The van der Waals surface area contributed by atoms with Crippen LogP contribution in [0, 0.1) is 0 Å². The molecule has 0 spiro atoms. The molecule has 2 aliphatic heterocycles. The second-order valence-corrected chi connectivity index (χ2v) is 6.77. The Morgan fingerprint density at radius 1 is 1.06 bits per heavy atom. The Morgan fingerprint density at radius 2 is 1.71 bits per heavy atom. The molecule has 0 saturated carbocycles. The van der Waals surface area contributed by atoms with E-state index in [1.165, 1.54) is 64.8 Å². The molecule has 0 aromatic rings. The largest absolute Gasteiger partial charge is 0.314 e. The summed E-state index contributed by atoms with van der Waals surface area (Å²) < 4.78 is 2.43. The SMILES string of the molecule is CCCNC1CCN(C2CCN(I)CC2)CC1. The lowest BCUT2D eigenvalue weighted by Gasteiger charge is -2.40. The summed E-state index contributed by atoms with van der Waals surface area (Å²) in [6.07, 6.45) is 6.70. The lowest BCUT2D eigenvalue weighted by molar-refractivity contribution is 0.110. The molecule has 4 heteroatoms. The first-order valence-electron chi connectivity index (χ1n) is 7.17. The Kier molecular flexibility index (Phi) is 5.99. The van der Waals surface area contributed by atoms with Crippen molar-refractivity contribution in [1.29, 1.82) is 0 Å². The standard InChI is InChI=1S/C13H26IN3/c1-2-7-15-12-3-8-16(9-4-12)13-5-10-17(14)11-6-13/h12-13,15H,2-11H2,1H3. The number of likely N-dealkylation sites (tertiary alicyclic amines) is 1. The number of rotatable bonds is 4. The third-order valence-electron chi connectivity index (χ3n) is 4.14. The molecule has 100 valence electrons. The third-order valence-corrected chi connectivity index (χ3v) is 5.10. The molecule has 3 nitrogen and oxygen atoms in total. The fourth-order valence-corrected chi connectivity index (χ4v) is 3.57. The number of piperidine rings is 2. The molecular weight excluding hydrogens is 325 g/mol. The van der Waals surface area contributed by atoms with Crippen molar-refractivity contribution >= 4 is 22.9 Å². The van der Waals surface area contributed by atoms with Crippen molar-refractivity contribution in [2.24, 2.45) is 0 Å². The van der Waals surface area contributed by atoms with Crippen molar-refractivity contribution in [3.63, 3.8) is 0 Å². The summed E-state index contributed by atoms with van der Waals surface area (Å²) in [4.78, 5) is 2.74. The molecule has 2 saturated heterocycles. The lowest BCUT2D eigenvalue weighted by Crippen LogP contribution is -2.49. The first-order valence-corrected chi connectivity index (χ1v) is 8.14. The second-order valence-electron chi connectivity index (χ2n) is 5.41. The van der Waals surface area contributed by atoms with E-state index in [4.69, 9.17) is 0 Å². The van der Waals surface area contributed by atoms with Gasteiger partial charge in [0.2, 0.25) is 0 Å². The molecule has 2 heterocycles. The van der Waals surface area contributed by atoms with Gasteiger partial charge in [0.25, 0.3) is 0 Å². The van der Waals surface area contributed by atoms with Crippen molar-refractivity contribution < 1.29 is 0 Å². The second kappa shape index (κ2) is 7.26. The number of nitrogens with zero attached hydrogens (tertiary/aromatic N) is 2. The Hall–Kier alpha value is 0.610. The summed E-state index contributed by atoms with van der Waals surface area (Å²) in [7, 11) is 0. The number of halogens is 1. The molecule has 0 amide bonds. The zero-order chi connectivity index (χ0) is 12.1. The van der Waals surface area contributed by atoms with Crippen molar-refractivity contribution in [2.45, 2.75) is 51.1 Å². The molecule has 2 fully saturated rings. The number of hydrogen-bond donors (Lipinski definition) is 1. The smallest absolute Gasteiger partial charge is 0.0201 e. The molecule has 0 radical (unpaired) electrons. The van der Waals surface area contributed by atoms with E-state index in [9.17, 15) is 0 Å². The highest BCUT2D eigenvalue weighted by Crippen LogP contribution is 2.22. The molecule has 2 aliphatic rings. The molecule has 0 bridgehead atoms. The first kappa shape index (κ1) is 14.0. The lowest BCUT2D eigenvalue weighted by atomic mass is 9.98. The van der Waals surface area contributed by atoms with E-state index in [0.717, 1.165) is 12.1 Å². The van der Waals surface area contributed by atoms with Crippen LogP contribution in [0.1, 0.15) is 39.0 Å². The molecular formula is C13H26IN3. The van der Waals surface area contributed by atoms with Crippen LogP contribution in [-0.2, 0) is 0 Å². The normalized spacial score (nSPS) is 26.5. The van der Waals surface area contributed by atoms with Gasteiger partial charge < -0.3 is 10.2 Å². The molecule has 17 heavy (non-hydrogen) atoms. The maximum atomic E-state index is 3.67. The van der Waals surface area contributed by atoms with Crippen LogP contribution in [0.3, 0.4) is 0 Å². The summed E-state index contributed by atoms with van der Waals surface area (Å²) in [6.45, 7) is 8.62. The molecule has 0 unspecified atom stereocenters. The first-order chi connectivity index (χ1) is 8.29. The van der Waals surface area contributed by atoms with Gasteiger partial charge in [-0.05, 0) is 51.7 Å². The summed E-state index contributed by atoms with van der Waals surface area (Å²) in [5.74, 6) is 0. The van der Waals surface area contributed by atoms with Gasteiger partial charge in [-0.15, -0.1) is 0 Å². The minimum absolute atomic E-state index is 0.788. The van der Waals surface area contributed by atoms with E-state index >= 15 is 0 Å². The van der Waals surface area contributed by atoms with Gasteiger partial charge >= 0.3 is 0 Å². The fourth-order valence-electron chi connectivity index (χ4n) is 3.02. The average Bonchev–Trinajstić information content (AvgIpc) is 2.38. The van der Waals surface area contributed by atoms with Gasteiger partial charge in [0.05, 0.1) is 0 Å². The molecule has 0 aromatic heterocycles. The summed E-state index contributed by atoms with van der Waals surface area (Å²) in [6, 6.07) is 1.66. The molecule has 1 N–H and O–H groups in total. The van der Waals surface area contributed by atoms with Gasteiger partial charge in [-0.1, -0.05) is 6.92 Å². The summed E-state index contributed by atoms with van der Waals surface area (Å²) in [5.41, 5.74) is 0. The van der Waals surface area contributed by atoms with Crippen molar-refractivity contribution in [1.82, 2.24) is 13.3 Å². The summed E-state index contributed by atoms with van der Waals surface area (Å²) >= 11 is 2.46. The quantitative estimate of drug-likeness (QED) is 0.619. The number of nitrogens with one attached hydrogen (secondary N) is 1. The van der Waals surface area contributed by atoms with Gasteiger partial charge in [0.1, 0.15) is 0 Å². The Morgan fingerprint density at radius 3 is 2.29 bits per heavy atom. The van der Waals surface area contributed by atoms with Crippen LogP contribution in [0.25, 0.3) is 0 Å². The minimum Gasteiger partial charge on any atom is -0.314 e. The predicted octanol–water partition coefficient (Wildman–Crippen LogP) is 2.26. The Bertz CT molecular complexity index is 209. The van der Waals surface area contributed by atoms with E-state index in [1.54, 1.807) is 0 Å². The van der Waals surface area contributed by atoms with E-state index in [0.29, 0.717) is 0 Å². The van der Waals surface area contributed by atoms with Crippen LogP contribution in [0.2, 0.25) is 0 Å². The van der Waals surface area contributed by atoms with Crippen LogP contribution in [0.4, 0.5) is 0 Å². The van der Waals surface area contributed by atoms with Crippen LogP contribution >= 0.6 is 22.9 Å². The van der Waals surface area contributed by atoms with Gasteiger partial charge in [-0.3, -0.25) is 0 Å². The van der Waals surface area contributed by atoms with Crippen LogP contribution in [0.15, 0.2) is 0 Å².